The molecule has 6 nitrogen and oxygen atoms in total. The normalized spacial score (nSPS) is 16.9. The van der Waals surface area contributed by atoms with Crippen LogP contribution in [0.1, 0.15) is 39.1 Å². The van der Waals surface area contributed by atoms with Gasteiger partial charge in [-0.25, -0.2) is 0 Å². The van der Waals surface area contributed by atoms with E-state index in [0.717, 1.165) is 30.0 Å². The SMILES string of the molecule is CNC(=O)c1ccc(C2CCCN2C(=O)CN(C)Cc2ccccn2)s1. The first-order chi connectivity index (χ1) is 12.6. The minimum absolute atomic E-state index is 0.0767. The summed E-state index contributed by atoms with van der Waals surface area (Å²) in [5.41, 5.74) is 0.953. The van der Waals surface area contributed by atoms with E-state index in [-0.39, 0.29) is 17.9 Å². The van der Waals surface area contributed by atoms with Crippen molar-refractivity contribution in [2.45, 2.75) is 25.4 Å². The topological polar surface area (TPSA) is 65.5 Å². The number of nitrogens with zero attached hydrogens (tertiary/aromatic N) is 3. The molecule has 1 fully saturated rings. The van der Waals surface area contributed by atoms with Gasteiger partial charge in [-0.3, -0.25) is 19.5 Å². The maximum atomic E-state index is 12.8. The lowest BCUT2D eigenvalue weighted by atomic mass is 10.2. The van der Waals surface area contributed by atoms with Crippen LogP contribution in [0.2, 0.25) is 0 Å². The van der Waals surface area contributed by atoms with Crippen LogP contribution in [0.3, 0.4) is 0 Å². The molecule has 1 aliphatic heterocycles. The molecule has 1 N–H and O–H groups in total. The average molecular weight is 372 g/mol. The fourth-order valence-corrected chi connectivity index (χ4v) is 4.39. The molecule has 138 valence electrons. The van der Waals surface area contributed by atoms with Gasteiger partial charge in [-0.1, -0.05) is 6.07 Å². The molecule has 2 aromatic heterocycles. The molecule has 0 aliphatic carbocycles. The van der Waals surface area contributed by atoms with Gasteiger partial charge in [-0.2, -0.15) is 0 Å². The summed E-state index contributed by atoms with van der Waals surface area (Å²) in [6, 6.07) is 9.70. The Bertz CT molecular complexity index is 762. The van der Waals surface area contributed by atoms with Crippen molar-refractivity contribution in [3.63, 3.8) is 0 Å². The molecule has 0 aromatic carbocycles. The number of likely N-dealkylation sites (N-methyl/N-ethyl adjacent to an activating group) is 1. The minimum atomic E-state index is -0.0767. The van der Waals surface area contributed by atoms with Crippen molar-refractivity contribution in [2.75, 3.05) is 27.2 Å². The van der Waals surface area contributed by atoms with Gasteiger partial charge in [0.25, 0.3) is 5.91 Å². The quantitative estimate of drug-likeness (QED) is 0.845. The predicted octanol–water partition coefficient (Wildman–Crippen LogP) is 2.30. The Morgan fingerprint density at radius 2 is 2.19 bits per heavy atom. The van der Waals surface area contributed by atoms with Crippen LogP contribution >= 0.6 is 11.3 Å². The summed E-state index contributed by atoms with van der Waals surface area (Å²) in [6.07, 6.45) is 3.71. The van der Waals surface area contributed by atoms with Crippen LogP contribution in [0.4, 0.5) is 0 Å². The summed E-state index contributed by atoms with van der Waals surface area (Å²) in [5.74, 6) is 0.0491. The lowest BCUT2D eigenvalue weighted by Gasteiger charge is -2.26. The van der Waals surface area contributed by atoms with Gasteiger partial charge in [0, 0.05) is 31.2 Å². The molecular formula is C19H24N4O2S. The summed E-state index contributed by atoms with van der Waals surface area (Å²) in [7, 11) is 3.57. The van der Waals surface area contributed by atoms with E-state index in [9.17, 15) is 9.59 Å². The van der Waals surface area contributed by atoms with Crippen LogP contribution in [-0.4, -0.2) is 53.8 Å². The van der Waals surface area contributed by atoms with Crippen LogP contribution in [-0.2, 0) is 11.3 Å². The predicted molar refractivity (Wildman–Crippen MR) is 102 cm³/mol. The molecule has 1 saturated heterocycles. The second kappa shape index (κ2) is 8.42. The summed E-state index contributed by atoms with van der Waals surface area (Å²) < 4.78 is 0. The third kappa shape index (κ3) is 4.28. The first-order valence-corrected chi connectivity index (χ1v) is 9.60. The maximum Gasteiger partial charge on any atom is 0.261 e. The smallest absolute Gasteiger partial charge is 0.261 e. The molecule has 0 spiro atoms. The number of likely N-dealkylation sites (tertiary alicyclic amines) is 1. The first kappa shape index (κ1) is 18.5. The van der Waals surface area contributed by atoms with Gasteiger partial charge in [0.15, 0.2) is 0 Å². The molecule has 2 amide bonds. The number of hydrogen-bond acceptors (Lipinski definition) is 5. The monoisotopic (exact) mass is 372 g/mol. The van der Waals surface area contributed by atoms with Crippen molar-refractivity contribution in [3.8, 4) is 0 Å². The Balaban J connectivity index is 1.63. The van der Waals surface area contributed by atoms with Gasteiger partial charge in [-0.15, -0.1) is 11.3 Å². The molecule has 1 aliphatic rings. The van der Waals surface area contributed by atoms with Crippen molar-refractivity contribution in [2.24, 2.45) is 0 Å². The maximum absolute atomic E-state index is 12.8. The molecule has 0 saturated carbocycles. The van der Waals surface area contributed by atoms with E-state index < -0.39 is 0 Å². The van der Waals surface area contributed by atoms with Crippen molar-refractivity contribution < 1.29 is 9.59 Å². The van der Waals surface area contributed by atoms with Crippen LogP contribution in [0.25, 0.3) is 0 Å². The van der Waals surface area contributed by atoms with E-state index in [2.05, 4.69) is 10.3 Å². The Morgan fingerprint density at radius 3 is 2.92 bits per heavy atom. The Morgan fingerprint density at radius 1 is 1.35 bits per heavy atom. The molecule has 2 aromatic rings. The fraction of sp³-hybridized carbons (Fsp3) is 0.421. The third-order valence-electron chi connectivity index (χ3n) is 4.54. The van der Waals surface area contributed by atoms with Gasteiger partial charge < -0.3 is 10.2 Å². The second-order valence-corrected chi connectivity index (χ2v) is 7.64. The van der Waals surface area contributed by atoms with E-state index in [1.54, 1.807) is 13.2 Å². The van der Waals surface area contributed by atoms with E-state index in [1.165, 1.54) is 11.3 Å². The van der Waals surface area contributed by atoms with Crippen molar-refractivity contribution in [3.05, 3.63) is 52.0 Å². The van der Waals surface area contributed by atoms with Crippen LogP contribution in [0, 0.1) is 0 Å². The Hall–Kier alpha value is -2.25. The minimum Gasteiger partial charge on any atom is -0.354 e. The molecule has 1 unspecified atom stereocenters. The van der Waals surface area contributed by atoms with Gasteiger partial charge in [0.05, 0.1) is 23.2 Å². The molecular weight excluding hydrogens is 348 g/mol. The summed E-state index contributed by atoms with van der Waals surface area (Å²) in [5, 5.41) is 2.65. The summed E-state index contributed by atoms with van der Waals surface area (Å²) in [6.45, 7) is 1.78. The number of carbonyl (C=O) groups is 2. The Labute approximate surface area is 157 Å². The van der Waals surface area contributed by atoms with E-state index >= 15 is 0 Å². The highest BCUT2D eigenvalue weighted by Gasteiger charge is 2.31. The number of thiophene rings is 1. The number of aromatic nitrogens is 1. The summed E-state index contributed by atoms with van der Waals surface area (Å²) >= 11 is 1.48. The second-order valence-electron chi connectivity index (χ2n) is 6.52. The van der Waals surface area contributed by atoms with E-state index in [4.69, 9.17) is 0 Å². The average Bonchev–Trinajstić information content (AvgIpc) is 3.30. The lowest BCUT2D eigenvalue weighted by Crippen LogP contribution is -2.38. The molecule has 3 heterocycles. The highest BCUT2D eigenvalue weighted by atomic mass is 32.1. The zero-order valence-corrected chi connectivity index (χ0v) is 16.0. The standard InChI is InChI=1S/C19H24N4O2S/c1-20-19(25)17-9-8-16(26-17)15-7-5-11-23(15)18(24)13-22(2)12-14-6-3-4-10-21-14/h3-4,6,8-10,15H,5,7,11-13H2,1-2H3,(H,20,25). The molecule has 7 heteroatoms. The number of carbonyl (C=O) groups excluding carboxylic acids is 2. The zero-order chi connectivity index (χ0) is 18.5. The lowest BCUT2D eigenvalue weighted by molar-refractivity contribution is -0.133. The molecule has 1 atom stereocenters. The van der Waals surface area contributed by atoms with Gasteiger partial charge >= 0.3 is 0 Å². The van der Waals surface area contributed by atoms with Crippen LogP contribution in [0.5, 0.6) is 0 Å². The number of hydrogen-bond donors (Lipinski definition) is 1. The highest BCUT2D eigenvalue weighted by molar-refractivity contribution is 7.14. The third-order valence-corrected chi connectivity index (χ3v) is 5.73. The van der Waals surface area contributed by atoms with Crippen molar-refractivity contribution >= 4 is 23.2 Å². The van der Waals surface area contributed by atoms with Gasteiger partial charge in [-0.05, 0) is 44.2 Å². The fourth-order valence-electron chi connectivity index (χ4n) is 3.28. The molecule has 0 radical (unpaired) electrons. The van der Waals surface area contributed by atoms with Gasteiger partial charge in [0.2, 0.25) is 5.91 Å². The number of pyridine rings is 1. The number of amides is 2. The Kier molecular flexibility index (Phi) is 6.00. The molecule has 3 rings (SSSR count). The van der Waals surface area contributed by atoms with E-state index in [1.807, 2.05) is 47.2 Å². The molecule has 26 heavy (non-hydrogen) atoms. The number of rotatable bonds is 6. The first-order valence-electron chi connectivity index (χ1n) is 8.78. The number of nitrogens with one attached hydrogen (secondary N) is 1. The largest absolute Gasteiger partial charge is 0.354 e. The van der Waals surface area contributed by atoms with Gasteiger partial charge in [0.1, 0.15) is 0 Å². The van der Waals surface area contributed by atoms with Crippen molar-refractivity contribution in [1.82, 2.24) is 20.1 Å². The van der Waals surface area contributed by atoms with E-state index in [0.29, 0.717) is 18.0 Å². The summed E-state index contributed by atoms with van der Waals surface area (Å²) in [4.78, 5) is 34.6. The zero-order valence-electron chi connectivity index (χ0n) is 15.1. The molecule has 0 bridgehead atoms. The van der Waals surface area contributed by atoms with Crippen LogP contribution < -0.4 is 5.32 Å². The van der Waals surface area contributed by atoms with Crippen molar-refractivity contribution in [1.29, 1.82) is 0 Å². The van der Waals surface area contributed by atoms with Crippen LogP contribution in [0.15, 0.2) is 36.5 Å². The highest BCUT2D eigenvalue weighted by Crippen LogP contribution is 2.36.